The quantitative estimate of drug-likeness (QED) is 0.352. The molecule has 0 unspecified atom stereocenters. The molecule has 0 N–H and O–H groups in total. The first-order valence-corrected chi connectivity index (χ1v) is 16.7. The molecule has 0 nitrogen and oxygen atoms in total. The normalized spacial score (nSPS) is 24.2. The molecule has 0 bridgehead atoms. The van der Waals surface area contributed by atoms with Gasteiger partial charge in [0.2, 0.25) is 0 Å². The Hall–Kier alpha value is 2.46. The highest BCUT2D eigenvalue weighted by atomic mass is 32.3. The molecule has 0 aromatic carbocycles. The van der Waals surface area contributed by atoms with Crippen molar-refractivity contribution in [2.75, 3.05) is 23.0 Å². The molecule has 1 fully saturated rings. The van der Waals surface area contributed by atoms with E-state index in [9.17, 15) is 0 Å². The maximum absolute atomic E-state index is 2.25. The van der Waals surface area contributed by atoms with Gasteiger partial charge in [-0.1, -0.05) is 84.4 Å². The predicted octanol–water partition coefficient (Wildman–Crippen LogP) is 9.31. The first kappa shape index (κ1) is 20.7. The standard InChI is InChI=1S/C15H16S10/c1-3-16-9-10(17-4-2)21-12(20-9)13-24-14-15(25-13)23-11(22-14)8-18-6-5-7-19-8/h3-7H2,1-2H3. The Labute approximate surface area is 192 Å². The van der Waals surface area contributed by atoms with Crippen LogP contribution >= 0.6 is 118 Å². The van der Waals surface area contributed by atoms with Crippen LogP contribution in [0.3, 0.4) is 0 Å². The van der Waals surface area contributed by atoms with E-state index in [1.54, 1.807) is 4.24 Å². The molecular formula is C15H16S10. The fourth-order valence-electron chi connectivity index (χ4n) is 2.10. The second kappa shape index (κ2) is 9.98. The van der Waals surface area contributed by atoms with Gasteiger partial charge < -0.3 is 0 Å². The van der Waals surface area contributed by atoms with Crippen molar-refractivity contribution in [3.8, 4) is 0 Å². The minimum absolute atomic E-state index is 1.16. The van der Waals surface area contributed by atoms with Crippen molar-refractivity contribution in [2.24, 2.45) is 0 Å². The lowest BCUT2D eigenvalue weighted by atomic mass is 10.6. The smallest absolute Gasteiger partial charge is 0.0718 e. The van der Waals surface area contributed by atoms with Crippen LogP contribution in [0.15, 0.2) is 33.9 Å². The van der Waals surface area contributed by atoms with Crippen LogP contribution in [0.1, 0.15) is 20.3 Å². The molecule has 4 aliphatic heterocycles. The molecule has 4 heterocycles. The summed E-state index contributed by atoms with van der Waals surface area (Å²) in [7, 11) is 0. The van der Waals surface area contributed by atoms with Crippen molar-refractivity contribution >= 4 is 118 Å². The Bertz CT molecular complexity index is 636. The van der Waals surface area contributed by atoms with Crippen molar-refractivity contribution in [2.45, 2.75) is 20.3 Å². The third-order valence-corrected chi connectivity index (χ3v) is 17.7. The molecule has 0 aliphatic carbocycles. The van der Waals surface area contributed by atoms with Crippen LogP contribution in [0.4, 0.5) is 0 Å². The summed E-state index contributed by atoms with van der Waals surface area (Å²) in [5.74, 6) is 4.91. The second-order valence-corrected chi connectivity index (χ2v) is 17.8. The topological polar surface area (TPSA) is 0 Å². The second-order valence-electron chi connectivity index (χ2n) is 4.83. The van der Waals surface area contributed by atoms with Crippen LogP contribution < -0.4 is 0 Å². The molecule has 10 heteroatoms. The van der Waals surface area contributed by atoms with Gasteiger partial charge in [0.25, 0.3) is 0 Å². The van der Waals surface area contributed by atoms with Crippen molar-refractivity contribution in [1.82, 2.24) is 0 Å². The zero-order valence-corrected chi connectivity index (χ0v) is 21.8. The average Bonchev–Trinajstić information content (AvgIpc) is 3.30. The third kappa shape index (κ3) is 4.97. The number of hydrogen-bond donors (Lipinski definition) is 0. The Morgan fingerprint density at radius 1 is 0.600 bits per heavy atom. The van der Waals surface area contributed by atoms with Crippen LogP contribution in [0.5, 0.6) is 0 Å². The first-order chi connectivity index (χ1) is 12.3. The molecule has 1 saturated heterocycles. The van der Waals surface area contributed by atoms with Gasteiger partial charge in [-0.25, -0.2) is 0 Å². The number of thioether (sulfide) groups is 10. The zero-order valence-electron chi connectivity index (χ0n) is 13.6. The van der Waals surface area contributed by atoms with E-state index in [-0.39, 0.29) is 0 Å². The van der Waals surface area contributed by atoms with Crippen LogP contribution in [0.25, 0.3) is 0 Å². The van der Waals surface area contributed by atoms with E-state index in [2.05, 4.69) is 37.4 Å². The molecular weight excluding hydrogens is 501 g/mol. The van der Waals surface area contributed by atoms with Gasteiger partial charge >= 0.3 is 0 Å². The lowest BCUT2D eigenvalue weighted by Crippen LogP contribution is -1.92. The summed E-state index contributed by atoms with van der Waals surface area (Å²) in [5, 5.41) is 0. The molecule has 4 aliphatic rings. The lowest BCUT2D eigenvalue weighted by Gasteiger charge is -2.15. The van der Waals surface area contributed by atoms with Crippen LogP contribution in [0, 0.1) is 0 Å². The fourth-order valence-corrected chi connectivity index (χ4v) is 17.4. The van der Waals surface area contributed by atoms with Crippen LogP contribution in [-0.4, -0.2) is 23.0 Å². The summed E-state index contributed by atoms with van der Waals surface area (Å²) in [4.78, 5) is 0. The zero-order chi connectivity index (χ0) is 17.2. The van der Waals surface area contributed by atoms with E-state index in [0.717, 1.165) is 11.5 Å². The molecule has 25 heavy (non-hydrogen) atoms. The molecule has 0 aromatic heterocycles. The highest BCUT2D eigenvalue weighted by Gasteiger charge is 2.35. The maximum atomic E-state index is 2.25. The Morgan fingerprint density at radius 3 is 1.44 bits per heavy atom. The lowest BCUT2D eigenvalue weighted by molar-refractivity contribution is 1.12. The molecule has 0 saturated carbocycles. The van der Waals surface area contributed by atoms with Crippen molar-refractivity contribution < 1.29 is 0 Å². The van der Waals surface area contributed by atoms with Gasteiger partial charge in [-0.2, -0.15) is 0 Å². The molecule has 0 amide bonds. The van der Waals surface area contributed by atoms with Crippen LogP contribution in [-0.2, 0) is 0 Å². The Kier molecular flexibility index (Phi) is 8.27. The SMILES string of the molecule is CCSC1=C(SCC)SC(=C2SC3=C(SC(=C4SCCCS4)S3)S2)S1. The van der Waals surface area contributed by atoms with Crippen molar-refractivity contribution in [3.63, 3.8) is 0 Å². The Morgan fingerprint density at radius 2 is 1.00 bits per heavy atom. The van der Waals surface area contributed by atoms with Crippen LogP contribution in [0.2, 0.25) is 0 Å². The third-order valence-electron chi connectivity index (χ3n) is 3.08. The van der Waals surface area contributed by atoms with Gasteiger partial charge in [-0.15, -0.1) is 47.0 Å². The van der Waals surface area contributed by atoms with E-state index in [1.807, 2.05) is 94.1 Å². The molecule has 136 valence electrons. The molecule has 0 aromatic rings. The molecule has 0 radical (unpaired) electrons. The van der Waals surface area contributed by atoms with Crippen molar-refractivity contribution in [3.05, 3.63) is 33.9 Å². The van der Waals surface area contributed by atoms with Gasteiger partial charge in [0.05, 0.1) is 33.9 Å². The highest BCUT2D eigenvalue weighted by Crippen LogP contribution is 2.71. The van der Waals surface area contributed by atoms with E-state index in [4.69, 9.17) is 0 Å². The average molecular weight is 517 g/mol. The van der Waals surface area contributed by atoms with Gasteiger partial charge in [0.15, 0.2) is 0 Å². The minimum atomic E-state index is 1.16. The largest absolute Gasteiger partial charge is 0.118 e. The highest BCUT2D eigenvalue weighted by molar-refractivity contribution is 8.50. The predicted molar refractivity (Wildman–Crippen MR) is 139 cm³/mol. The van der Waals surface area contributed by atoms with E-state index < -0.39 is 0 Å². The fraction of sp³-hybridized carbons (Fsp3) is 0.467. The van der Waals surface area contributed by atoms with Crippen molar-refractivity contribution in [1.29, 1.82) is 0 Å². The number of rotatable bonds is 4. The summed E-state index contributed by atoms with van der Waals surface area (Å²) in [6, 6.07) is 0. The van der Waals surface area contributed by atoms with E-state index in [1.165, 1.54) is 47.6 Å². The maximum Gasteiger partial charge on any atom is 0.0718 e. The molecule has 4 rings (SSSR count). The first-order valence-electron chi connectivity index (χ1n) is 7.83. The van der Waals surface area contributed by atoms with E-state index in [0.29, 0.717) is 0 Å². The van der Waals surface area contributed by atoms with E-state index >= 15 is 0 Å². The summed E-state index contributed by atoms with van der Waals surface area (Å²) in [6.07, 6.45) is 1.35. The summed E-state index contributed by atoms with van der Waals surface area (Å²) >= 11 is 20.2. The van der Waals surface area contributed by atoms with Gasteiger partial charge in [0, 0.05) is 0 Å². The minimum Gasteiger partial charge on any atom is -0.118 e. The summed E-state index contributed by atoms with van der Waals surface area (Å²) in [5.41, 5.74) is 0. The van der Waals surface area contributed by atoms with Gasteiger partial charge in [0.1, 0.15) is 0 Å². The molecule has 0 spiro atoms. The summed E-state index contributed by atoms with van der Waals surface area (Å²) in [6.45, 7) is 4.50. The van der Waals surface area contributed by atoms with Gasteiger partial charge in [-0.05, 0) is 29.4 Å². The Balaban J connectivity index is 1.43. The molecule has 0 atom stereocenters. The number of hydrogen-bond acceptors (Lipinski definition) is 10. The van der Waals surface area contributed by atoms with Gasteiger partial charge in [-0.3, -0.25) is 0 Å². The summed E-state index contributed by atoms with van der Waals surface area (Å²) < 4.78 is 12.2. The monoisotopic (exact) mass is 516 g/mol.